The highest BCUT2D eigenvalue weighted by molar-refractivity contribution is 4.84. The summed E-state index contributed by atoms with van der Waals surface area (Å²) in [6, 6.07) is 0. The third-order valence-corrected chi connectivity index (χ3v) is 6.62. The maximum atomic E-state index is 13.3. The fourth-order valence-corrected chi connectivity index (χ4v) is 4.72. The van der Waals surface area contributed by atoms with E-state index in [1.54, 1.807) is 0 Å². The quantitative estimate of drug-likeness (QED) is 0.113. The van der Waals surface area contributed by atoms with Crippen molar-refractivity contribution < 1.29 is 15.3 Å². The Morgan fingerprint density at radius 2 is 1.05 bits per heavy atom. The topological polar surface area (TPSA) is 195 Å². The Hall–Kier alpha value is -1.95. The van der Waals surface area contributed by atoms with Crippen LogP contribution in [0.3, 0.4) is 0 Å². The summed E-state index contributed by atoms with van der Waals surface area (Å²) in [5.74, 6) is 0. The van der Waals surface area contributed by atoms with Crippen LogP contribution >= 0.6 is 0 Å². The summed E-state index contributed by atoms with van der Waals surface area (Å²) in [4.78, 5) is 43.7. The van der Waals surface area contributed by atoms with E-state index in [4.69, 9.17) is 5.73 Å². The van der Waals surface area contributed by atoms with E-state index in [1.165, 1.54) is 0 Å². The molecule has 0 aromatic carbocycles. The molecule has 3 atom stereocenters. The number of piperazine rings is 2. The minimum absolute atomic E-state index is 0.0967. The molecule has 2 saturated heterocycles. The van der Waals surface area contributed by atoms with Crippen molar-refractivity contribution in [1.29, 1.82) is 0 Å². The third kappa shape index (κ3) is 8.80. The van der Waals surface area contributed by atoms with Crippen molar-refractivity contribution in [2.45, 2.75) is 37.9 Å². The Labute approximate surface area is 215 Å². The summed E-state index contributed by atoms with van der Waals surface area (Å²) in [5.41, 5.74) is 2.75. The lowest BCUT2D eigenvalue weighted by Gasteiger charge is -2.29. The highest BCUT2D eigenvalue weighted by Crippen LogP contribution is 1.99. The van der Waals surface area contributed by atoms with E-state index in [9.17, 15) is 29.7 Å². The summed E-state index contributed by atoms with van der Waals surface area (Å²) in [7, 11) is 0. The highest BCUT2D eigenvalue weighted by Gasteiger charge is 2.23. The van der Waals surface area contributed by atoms with Crippen LogP contribution in [0, 0.1) is 0 Å². The Morgan fingerprint density at radius 1 is 0.676 bits per heavy atom. The number of nitrogens with two attached hydrogens (primary N) is 1. The minimum atomic E-state index is -1.09. The smallest absolute Gasteiger partial charge is 0.336 e. The van der Waals surface area contributed by atoms with Gasteiger partial charge >= 0.3 is 17.1 Å². The molecule has 15 nitrogen and oxygen atoms in total. The van der Waals surface area contributed by atoms with Gasteiger partial charge < -0.3 is 37.0 Å². The molecule has 2 aliphatic heterocycles. The number of aromatic nitrogens is 3. The first-order valence-corrected chi connectivity index (χ1v) is 13.1. The van der Waals surface area contributed by atoms with Gasteiger partial charge in [0.05, 0.1) is 37.9 Å². The molecular weight excluding hydrogens is 486 g/mol. The molecular formula is C22H43N9O6. The predicted molar refractivity (Wildman–Crippen MR) is 138 cm³/mol. The first-order valence-electron chi connectivity index (χ1n) is 13.1. The molecule has 0 aliphatic carbocycles. The lowest BCUT2D eigenvalue weighted by molar-refractivity contribution is 0.0806. The zero-order chi connectivity index (χ0) is 26.8. The molecule has 1 aromatic heterocycles. The van der Waals surface area contributed by atoms with Crippen molar-refractivity contribution >= 4 is 0 Å². The molecule has 3 rings (SSSR count). The molecule has 0 radical (unpaired) electrons. The van der Waals surface area contributed by atoms with Crippen LogP contribution in [0.25, 0.3) is 0 Å². The van der Waals surface area contributed by atoms with Crippen LogP contribution in [0.5, 0.6) is 0 Å². The number of β-amino-alcohol motifs (C(OH)–C–C–N with tert-alkyl or cyclic N) is 2. The summed E-state index contributed by atoms with van der Waals surface area (Å²) < 4.78 is 2.45. The number of nitrogens with zero attached hydrogens (tertiary/aromatic N) is 5. The van der Waals surface area contributed by atoms with Gasteiger partial charge in [-0.05, 0) is 0 Å². The van der Waals surface area contributed by atoms with Crippen molar-refractivity contribution in [3.05, 3.63) is 31.5 Å². The fourth-order valence-electron chi connectivity index (χ4n) is 4.72. The number of nitrogens with one attached hydrogen (secondary N) is 3. The Morgan fingerprint density at radius 3 is 1.43 bits per heavy atom. The lowest BCUT2D eigenvalue weighted by Crippen LogP contribution is -2.58. The number of aliphatic hydroxyl groups excluding tert-OH is 3. The average molecular weight is 530 g/mol. The first-order chi connectivity index (χ1) is 17.8. The van der Waals surface area contributed by atoms with Crippen LogP contribution in [0.2, 0.25) is 0 Å². The van der Waals surface area contributed by atoms with E-state index >= 15 is 0 Å². The zero-order valence-corrected chi connectivity index (χ0v) is 21.4. The normalized spacial score (nSPS) is 20.1. The van der Waals surface area contributed by atoms with Gasteiger partial charge in [0.1, 0.15) is 0 Å². The van der Waals surface area contributed by atoms with Crippen molar-refractivity contribution in [1.82, 2.24) is 39.5 Å². The van der Waals surface area contributed by atoms with Gasteiger partial charge in [-0.2, -0.15) is 0 Å². The van der Waals surface area contributed by atoms with Crippen molar-refractivity contribution in [2.24, 2.45) is 5.73 Å². The van der Waals surface area contributed by atoms with E-state index in [2.05, 4.69) is 16.0 Å². The molecule has 0 saturated carbocycles. The number of rotatable bonds is 14. The second-order valence-electron chi connectivity index (χ2n) is 9.74. The van der Waals surface area contributed by atoms with Gasteiger partial charge in [0, 0.05) is 85.1 Å². The Kier molecular flexibility index (Phi) is 11.9. The van der Waals surface area contributed by atoms with E-state index in [-0.39, 0.29) is 39.3 Å². The SMILES string of the molecule is NCCNCC(O)Cn1c(=O)n(CC(O)CN2CCNCC2)c(=O)n(CC(O)CN2CCNCC2)c1=O. The van der Waals surface area contributed by atoms with Crippen LogP contribution < -0.4 is 38.8 Å². The molecule has 3 unspecified atom stereocenters. The first kappa shape index (κ1) is 29.6. The molecule has 0 bridgehead atoms. The summed E-state index contributed by atoms with van der Waals surface area (Å²) in [6.07, 6.45) is -3.14. The largest absolute Gasteiger partial charge is 0.390 e. The summed E-state index contributed by atoms with van der Waals surface area (Å²) >= 11 is 0. The fraction of sp³-hybridized carbons (Fsp3) is 0.864. The maximum Gasteiger partial charge on any atom is 0.336 e. The van der Waals surface area contributed by atoms with Crippen LogP contribution in [0.4, 0.5) is 0 Å². The van der Waals surface area contributed by atoms with Crippen LogP contribution in [-0.2, 0) is 19.6 Å². The molecule has 0 spiro atoms. The average Bonchev–Trinajstić information content (AvgIpc) is 2.88. The number of aliphatic hydroxyl groups is 3. The molecule has 212 valence electrons. The molecule has 37 heavy (non-hydrogen) atoms. The zero-order valence-electron chi connectivity index (χ0n) is 21.4. The van der Waals surface area contributed by atoms with Gasteiger partial charge in [-0.15, -0.1) is 0 Å². The van der Waals surface area contributed by atoms with Gasteiger partial charge in [0.15, 0.2) is 0 Å². The monoisotopic (exact) mass is 529 g/mol. The Balaban J connectivity index is 1.84. The van der Waals surface area contributed by atoms with E-state index in [0.29, 0.717) is 13.1 Å². The second-order valence-corrected chi connectivity index (χ2v) is 9.74. The molecule has 0 amide bonds. The molecule has 8 N–H and O–H groups in total. The summed E-state index contributed by atoms with van der Waals surface area (Å²) in [5, 5.41) is 41.1. The third-order valence-electron chi connectivity index (χ3n) is 6.62. The summed E-state index contributed by atoms with van der Waals surface area (Å²) in [6.45, 7) is 6.54. The predicted octanol–water partition coefficient (Wildman–Crippen LogP) is -6.39. The van der Waals surface area contributed by atoms with Gasteiger partial charge in [-0.1, -0.05) is 0 Å². The molecule has 3 heterocycles. The maximum absolute atomic E-state index is 13.3. The number of hydrogen-bond acceptors (Lipinski definition) is 12. The molecule has 2 fully saturated rings. The van der Waals surface area contributed by atoms with Gasteiger partial charge in [-0.3, -0.25) is 9.80 Å². The van der Waals surface area contributed by atoms with Crippen LogP contribution in [0.15, 0.2) is 14.4 Å². The van der Waals surface area contributed by atoms with Crippen molar-refractivity contribution in [2.75, 3.05) is 85.1 Å². The van der Waals surface area contributed by atoms with Gasteiger partial charge in [0.2, 0.25) is 0 Å². The lowest BCUT2D eigenvalue weighted by atomic mass is 10.2. The minimum Gasteiger partial charge on any atom is -0.390 e. The molecule has 1 aromatic rings. The van der Waals surface area contributed by atoms with Gasteiger partial charge in [-0.25, -0.2) is 28.1 Å². The Bertz CT molecular complexity index is 934. The molecule has 15 heteroatoms. The second kappa shape index (κ2) is 14.8. The van der Waals surface area contributed by atoms with Crippen LogP contribution in [-0.4, -0.2) is 142 Å². The van der Waals surface area contributed by atoms with Crippen molar-refractivity contribution in [3.8, 4) is 0 Å². The van der Waals surface area contributed by atoms with Crippen LogP contribution in [0.1, 0.15) is 0 Å². The van der Waals surface area contributed by atoms with E-state index in [1.807, 2.05) is 9.80 Å². The van der Waals surface area contributed by atoms with E-state index in [0.717, 1.165) is 66.1 Å². The number of hydrogen-bond donors (Lipinski definition) is 7. The van der Waals surface area contributed by atoms with Gasteiger partial charge in [0.25, 0.3) is 0 Å². The standard InChI is InChI=1S/C22H43N9O6/c23-1-2-26-11-17(32)14-29-20(35)30(15-18(33)12-27-7-3-24-4-8-27)22(37)31(21(29)36)16-19(34)13-28-9-5-25-6-10-28/h17-19,24-26,32-34H,1-16,23H2. The van der Waals surface area contributed by atoms with E-state index < -0.39 is 35.4 Å². The highest BCUT2D eigenvalue weighted by atomic mass is 16.3. The molecule has 2 aliphatic rings. The van der Waals surface area contributed by atoms with Crippen molar-refractivity contribution in [3.63, 3.8) is 0 Å².